The molecule has 0 aliphatic heterocycles. The van der Waals surface area contributed by atoms with Gasteiger partial charge in [0.2, 0.25) is 0 Å². The second kappa shape index (κ2) is 5.33. The minimum Gasteiger partial charge on any atom is -0.311 e. The van der Waals surface area contributed by atoms with Crippen molar-refractivity contribution in [3.63, 3.8) is 0 Å². The largest absolute Gasteiger partial charge is 0.311 e. The smallest absolute Gasteiger partial charge is 0.147 e. The summed E-state index contributed by atoms with van der Waals surface area (Å²) in [5, 5.41) is 13.7. The summed E-state index contributed by atoms with van der Waals surface area (Å²) in [6.07, 6.45) is 2.82. The Bertz CT molecular complexity index is 491. The summed E-state index contributed by atoms with van der Waals surface area (Å²) in [5.74, 6) is 0. The van der Waals surface area contributed by atoms with Gasteiger partial charge in [-0.15, -0.1) is 10.2 Å². The zero-order valence-electron chi connectivity index (χ0n) is 10.3. The first-order valence-corrected chi connectivity index (χ1v) is 6.50. The molecule has 0 amide bonds. The number of rotatable bonds is 4. The van der Waals surface area contributed by atoms with Crippen LogP contribution >= 0.6 is 11.3 Å². The van der Waals surface area contributed by atoms with E-state index in [1.807, 2.05) is 26.1 Å². The Morgan fingerprint density at radius 2 is 2.24 bits per heavy atom. The predicted molar refractivity (Wildman–Crippen MR) is 70.0 cm³/mol. The van der Waals surface area contributed by atoms with Crippen molar-refractivity contribution in [3.05, 3.63) is 29.0 Å². The molecule has 1 unspecified atom stereocenters. The third-order valence-corrected chi connectivity index (χ3v) is 3.73. The Balaban J connectivity index is 2.29. The summed E-state index contributed by atoms with van der Waals surface area (Å²) >= 11 is 1.64. The molecule has 4 nitrogen and oxygen atoms in total. The van der Waals surface area contributed by atoms with Crippen molar-refractivity contribution in [2.75, 3.05) is 7.05 Å². The molecule has 0 saturated heterocycles. The minimum atomic E-state index is 0.296. The highest BCUT2D eigenvalue weighted by Gasteiger charge is 2.13. The van der Waals surface area contributed by atoms with E-state index < -0.39 is 0 Å². The molecule has 0 saturated carbocycles. The maximum atomic E-state index is 4.25. The summed E-state index contributed by atoms with van der Waals surface area (Å²) in [5.41, 5.74) is 2.09. The van der Waals surface area contributed by atoms with Crippen molar-refractivity contribution >= 4 is 11.3 Å². The van der Waals surface area contributed by atoms with Gasteiger partial charge in [0.1, 0.15) is 10.0 Å². The van der Waals surface area contributed by atoms with Crippen LogP contribution in [-0.4, -0.2) is 22.2 Å². The highest BCUT2D eigenvalue weighted by atomic mass is 32.1. The third kappa shape index (κ3) is 2.68. The average molecular weight is 248 g/mol. The van der Waals surface area contributed by atoms with Crippen molar-refractivity contribution in [1.29, 1.82) is 0 Å². The predicted octanol–water partition coefficient (Wildman–Crippen LogP) is 2.58. The molecule has 0 fully saturated rings. The number of pyridine rings is 1. The topological polar surface area (TPSA) is 50.7 Å². The molecule has 2 heterocycles. The van der Waals surface area contributed by atoms with E-state index in [2.05, 4.69) is 27.4 Å². The van der Waals surface area contributed by atoms with Gasteiger partial charge in [-0.25, -0.2) is 0 Å². The van der Waals surface area contributed by atoms with Crippen LogP contribution in [0.3, 0.4) is 0 Å². The Labute approximate surface area is 105 Å². The lowest BCUT2D eigenvalue weighted by Gasteiger charge is -2.07. The molecule has 0 radical (unpaired) electrons. The van der Waals surface area contributed by atoms with Crippen LogP contribution in [0.15, 0.2) is 18.3 Å². The SMILES string of the molecule is CCC(NC)c1nnc(-c2ccnc(C)c2)s1. The quantitative estimate of drug-likeness (QED) is 0.903. The molecule has 2 aromatic heterocycles. The minimum absolute atomic E-state index is 0.296. The normalized spacial score (nSPS) is 12.6. The monoisotopic (exact) mass is 248 g/mol. The van der Waals surface area contributed by atoms with Gasteiger partial charge >= 0.3 is 0 Å². The summed E-state index contributed by atoms with van der Waals surface area (Å²) in [6, 6.07) is 4.30. The van der Waals surface area contributed by atoms with Gasteiger partial charge in [-0.3, -0.25) is 4.98 Å². The second-order valence-corrected chi connectivity index (χ2v) is 4.89. The third-order valence-electron chi connectivity index (χ3n) is 2.64. The highest BCUT2D eigenvalue weighted by Crippen LogP contribution is 2.27. The van der Waals surface area contributed by atoms with Gasteiger partial charge in [0.05, 0.1) is 6.04 Å². The van der Waals surface area contributed by atoms with E-state index in [1.54, 1.807) is 17.5 Å². The molecule has 0 aliphatic carbocycles. The molecule has 1 atom stereocenters. The van der Waals surface area contributed by atoms with Crippen LogP contribution in [0.5, 0.6) is 0 Å². The molecule has 17 heavy (non-hydrogen) atoms. The van der Waals surface area contributed by atoms with Gasteiger partial charge in [-0.2, -0.15) is 0 Å². The molecule has 0 spiro atoms. The molecule has 0 bridgehead atoms. The fourth-order valence-corrected chi connectivity index (χ4v) is 2.71. The molecule has 2 rings (SSSR count). The number of nitrogens with zero attached hydrogens (tertiary/aromatic N) is 3. The lowest BCUT2D eigenvalue weighted by atomic mass is 10.2. The van der Waals surface area contributed by atoms with E-state index >= 15 is 0 Å². The van der Waals surface area contributed by atoms with Gasteiger partial charge in [0.25, 0.3) is 0 Å². The van der Waals surface area contributed by atoms with Crippen LogP contribution in [0.4, 0.5) is 0 Å². The van der Waals surface area contributed by atoms with Gasteiger partial charge in [0, 0.05) is 17.5 Å². The average Bonchev–Trinajstić information content (AvgIpc) is 2.80. The van der Waals surface area contributed by atoms with Crippen LogP contribution in [0.25, 0.3) is 10.6 Å². The van der Waals surface area contributed by atoms with E-state index in [4.69, 9.17) is 0 Å². The van der Waals surface area contributed by atoms with Crippen molar-refractivity contribution in [2.45, 2.75) is 26.3 Å². The van der Waals surface area contributed by atoms with Crippen molar-refractivity contribution in [1.82, 2.24) is 20.5 Å². The van der Waals surface area contributed by atoms with E-state index in [9.17, 15) is 0 Å². The molecular weight excluding hydrogens is 232 g/mol. The first-order chi connectivity index (χ1) is 8.24. The molecule has 90 valence electrons. The molecular formula is C12H16N4S. The zero-order valence-corrected chi connectivity index (χ0v) is 11.1. The fourth-order valence-electron chi connectivity index (χ4n) is 1.67. The van der Waals surface area contributed by atoms with Gasteiger partial charge in [-0.1, -0.05) is 18.3 Å². The Morgan fingerprint density at radius 3 is 2.88 bits per heavy atom. The number of nitrogens with one attached hydrogen (secondary N) is 1. The van der Waals surface area contributed by atoms with Crippen molar-refractivity contribution in [2.24, 2.45) is 0 Å². The zero-order chi connectivity index (χ0) is 12.3. The van der Waals surface area contributed by atoms with E-state index in [0.717, 1.165) is 27.7 Å². The van der Waals surface area contributed by atoms with Crippen LogP contribution < -0.4 is 5.32 Å². The second-order valence-electron chi connectivity index (χ2n) is 3.88. The van der Waals surface area contributed by atoms with Gasteiger partial charge < -0.3 is 5.32 Å². The summed E-state index contributed by atoms with van der Waals surface area (Å²) in [6.45, 7) is 4.12. The fraction of sp³-hybridized carbons (Fsp3) is 0.417. The van der Waals surface area contributed by atoms with Crippen LogP contribution in [0.2, 0.25) is 0 Å². The van der Waals surface area contributed by atoms with E-state index in [1.165, 1.54) is 0 Å². The standard InChI is InChI=1S/C12H16N4S/c1-4-10(13-3)12-16-15-11(17-12)9-5-6-14-8(2)7-9/h5-7,10,13H,4H2,1-3H3. The Kier molecular flexibility index (Phi) is 3.81. The number of hydrogen-bond donors (Lipinski definition) is 1. The molecule has 0 aromatic carbocycles. The highest BCUT2D eigenvalue weighted by molar-refractivity contribution is 7.14. The maximum Gasteiger partial charge on any atom is 0.147 e. The van der Waals surface area contributed by atoms with Crippen molar-refractivity contribution in [3.8, 4) is 10.6 Å². The first-order valence-electron chi connectivity index (χ1n) is 5.68. The van der Waals surface area contributed by atoms with Crippen LogP contribution in [0.1, 0.15) is 30.1 Å². The lowest BCUT2D eigenvalue weighted by Crippen LogP contribution is -2.14. The Morgan fingerprint density at radius 1 is 1.41 bits per heavy atom. The van der Waals surface area contributed by atoms with Gasteiger partial charge in [-0.05, 0) is 32.5 Å². The summed E-state index contributed by atoms with van der Waals surface area (Å²) in [4.78, 5) is 4.18. The number of aryl methyl sites for hydroxylation is 1. The van der Waals surface area contributed by atoms with Crippen LogP contribution in [0, 0.1) is 6.92 Å². The Hall–Kier alpha value is -1.33. The van der Waals surface area contributed by atoms with E-state index in [-0.39, 0.29) is 0 Å². The number of aromatic nitrogens is 3. The molecule has 1 N–H and O–H groups in total. The molecule has 0 aliphatic rings. The summed E-state index contributed by atoms with van der Waals surface area (Å²) in [7, 11) is 1.95. The van der Waals surface area contributed by atoms with Crippen molar-refractivity contribution < 1.29 is 0 Å². The van der Waals surface area contributed by atoms with Crippen LogP contribution in [-0.2, 0) is 0 Å². The van der Waals surface area contributed by atoms with E-state index in [0.29, 0.717) is 6.04 Å². The lowest BCUT2D eigenvalue weighted by molar-refractivity contribution is 0.568. The number of hydrogen-bond acceptors (Lipinski definition) is 5. The molecule has 2 aromatic rings. The first kappa shape index (κ1) is 12.1. The van der Waals surface area contributed by atoms with Gasteiger partial charge in [0.15, 0.2) is 0 Å². The molecule has 5 heteroatoms. The summed E-state index contributed by atoms with van der Waals surface area (Å²) < 4.78 is 0. The maximum absolute atomic E-state index is 4.25.